The van der Waals surface area contributed by atoms with Gasteiger partial charge in [0.25, 0.3) is 0 Å². The Bertz CT molecular complexity index is 348. The summed E-state index contributed by atoms with van der Waals surface area (Å²) < 4.78 is 9.95. The van der Waals surface area contributed by atoms with Crippen LogP contribution in [-0.2, 0) is 20.7 Å². The fourth-order valence-corrected chi connectivity index (χ4v) is 1.86. The van der Waals surface area contributed by atoms with E-state index in [4.69, 9.17) is 9.47 Å². The lowest BCUT2D eigenvalue weighted by molar-refractivity contribution is -0.155. The third kappa shape index (κ3) is 3.86. The van der Waals surface area contributed by atoms with Crippen molar-refractivity contribution in [3.05, 3.63) is 35.9 Å². The van der Waals surface area contributed by atoms with E-state index in [9.17, 15) is 4.79 Å². The molecule has 1 aromatic rings. The molecule has 0 heterocycles. The van der Waals surface area contributed by atoms with Crippen LogP contribution in [0.15, 0.2) is 30.3 Å². The van der Waals surface area contributed by atoms with E-state index in [-0.39, 0.29) is 5.97 Å². The molecule has 3 nitrogen and oxygen atoms in total. The van der Waals surface area contributed by atoms with Crippen LogP contribution in [0.25, 0.3) is 0 Å². The first-order valence-electron chi connectivity index (χ1n) is 5.73. The Morgan fingerprint density at radius 3 is 2.41 bits per heavy atom. The molecule has 0 saturated heterocycles. The summed E-state index contributed by atoms with van der Waals surface area (Å²) in [5.41, 5.74) is 0.651. The van der Waals surface area contributed by atoms with Gasteiger partial charge in [0.2, 0.25) is 0 Å². The fourth-order valence-electron chi connectivity index (χ4n) is 1.86. The number of hydrogen-bond donors (Lipinski definition) is 0. The number of carbonyl (C=O) groups is 1. The van der Waals surface area contributed by atoms with Gasteiger partial charge in [-0.25, -0.2) is 0 Å². The number of hydrogen-bond acceptors (Lipinski definition) is 3. The van der Waals surface area contributed by atoms with Gasteiger partial charge in [0.15, 0.2) is 0 Å². The third-order valence-corrected chi connectivity index (χ3v) is 2.95. The molecule has 0 amide bonds. The molecule has 1 aromatic carbocycles. The monoisotopic (exact) mass is 236 g/mol. The number of rotatable bonds is 6. The summed E-state index contributed by atoms with van der Waals surface area (Å²) in [6.07, 6.45) is 1.56. The number of ether oxygens (including phenoxy) is 2. The molecular formula is C14H20O3. The van der Waals surface area contributed by atoms with Crippen LogP contribution in [0.2, 0.25) is 0 Å². The summed E-state index contributed by atoms with van der Waals surface area (Å²) in [7, 11) is 3.02. The first-order valence-corrected chi connectivity index (χ1v) is 5.73. The quantitative estimate of drug-likeness (QED) is 0.712. The molecule has 0 aliphatic heterocycles. The van der Waals surface area contributed by atoms with Crippen LogP contribution in [0, 0.1) is 5.41 Å². The van der Waals surface area contributed by atoms with Crippen LogP contribution < -0.4 is 0 Å². The van der Waals surface area contributed by atoms with Crippen molar-refractivity contribution >= 4 is 5.97 Å². The maximum absolute atomic E-state index is 11.7. The predicted octanol–water partition coefficient (Wildman–Crippen LogP) is 2.44. The average molecular weight is 236 g/mol. The van der Waals surface area contributed by atoms with Crippen molar-refractivity contribution in [3.8, 4) is 0 Å². The number of benzene rings is 1. The standard InChI is InChI=1S/C14H20O3/c1-14(11-16-2,13(15)17-3)10-9-12-7-5-4-6-8-12/h4-8H,9-11H2,1-3H3. The van der Waals surface area contributed by atoms with E-state index in [1.165, 1.54) is 12.7 Å². The predicted molar refractivity (Wildman–Crippen MR) is 66.8 cm³/mol. The highest BCUT2D eigenvalue weighted by Gasteiger charge is 2.34. The first-order chi connectivity index (χ1) is 8.12. The molecule has 0 spiro atoms. The van der Waals surface area contributed by atoms with Gasteiger partial charge in [-0.15, -0.1) is 0 Å². The maximum atomic E-state index is 11.7. The van der Waals surface area contributed by atoms with E-state index in [1.807, 2.05) is 25.1 Å². The van der Waals surface area contributed by atoms with E-state index in [0.29, 0.717) is 6.61 Å². The van der Waals surface area contributed by atoms with Crippen molar-refractivity contribution in [2.45, 2.75) is 19.8 Å². The maximum Gasteiger partial charge on any atom is 0.313 e. The number of carbonyl (C=O) groups excluding carboxylic acids is 1. The second-order valence-corrected chi connectivity index (χ2v) is 4.47. The highest BCUT2D eigenvalue weighted by Crippen LogP contribution is 2.25. The molecule has 0 aliphatic rings. The van der Waals surface area contributed by atoms with Crippen LogP contribution in [0.4, 0.5) is 0 Å². The minimum atomic E-state index is -0.570. The van der Waals surface area contributed by atoms with E-state index in [2.05, 4.69) is 12.1 Å². The second kappa shape index (κ2) is 6.40. The van der Waals surface area contributed by atoms with E-state index in [1.54, 1.807) is 7.11 Å². The minimum absolute atomic E-state index is 0.213. The Morgan fingerprint density at radius 1 is 1.24 bits per heavy atom. The fraction of sp³-hybridized carbons (Fsp3) is 0.500. The van der Waals surface area contributed by atoms with Crippen molar-refractivity contribution in [1.29, 1.82) is 0 Å². The lowest BCUT2D eigenvalue weighted by Crippen LogP contribution is -2.34. The second-order valence-electron chi connectivity index (χ2n) is 4.47. The van der Waals surface area contributed by atoms with Crippen LogP contribution in [0.3, 0.4) is 0 Å². The molecule has 3 heteroatoms. The zero-order valence-corrected chi connectivity index (χ0v) is 10.7. The summed E-state index contributed by atoms with van der Waals surface area (Å²) in [4.78, 5) is 11.7. The highest BCUT2D eigenvalue weighted by molar-refractivity contribution is 5.76. The van der Waals surface area contributed by atoms with Crippen molar-refractivity contribution < 1.29 is 14.3 Å². The third-order valence-electron chi connectivity index (χ3n) is 2.95. The van der Waals surface area contributed by atoms with Crippen molar-refractivity contribution in [3.63, 3.8) is 0 Å². The lowest BCUT2D eigenvalue weighted by Gasteiger charge is -2.25. The van der Waals surface area contributed by atoms with Crippen LogP contribution in [0.5, 0.6) is 0 Å². The van der Waals surface area contributed by atoms with Crippen molar-refractivity contribution in [2.24, 2.45) is 5.41 Å². The average Bonchev–Trinajstić information content (AvgIpc) is 2.37. The molecule has 94 valence electrons. The Hall–Kier alpha value is -1.35. The van der Waals surface area contributed by atoms with Gasteiger partial charge in [0.05, 0.1) is 19.1 Å². The van der Waals surface area contributed by atoms with Gasteiger partial charge in [-0.3, -0.25) is 4.79 Å². The minimum Gasteiger partial charge on any atom is -0.469 e. The largest absolute Gasteiger partial charge is 0.469 e. The molecule has 0 N–H and O–H groups in total. The first kappa shape index (κ1) is 13.7. The zero-order valence-electron chi connectivity index (χ0n) is 10.7. The lowest BCUT2D eigenvalue weighted by atomic mass is 9.85. The topological polar surface area (TPSA) is 35.5 Å². The van der Waals surface area contributed by atoms with Gasteiger partial charge >= 0.3 is 5.97 Å². The molecular weight excluding hydrogens is 216 g/mol. The van der Waals surface area contributed by atoms with Gasteiger partial charge in [-0.1, -0.05) is 30.3 Å². The molecule has 0 bridgehead atoms. The van der Waals surface area contributed by atoms with Crippen molar-refractivity contribution in [1.82, 2.24) is 0 Å². The molecule has 0 fully saturated rings. The SMILES string of the molecule is COCC(C)(CCc1ccccc1)C(=O)OC. The molecule has 0 saturated carbocycles. The number of esters is 1. The molecule has 0 radical (unpaired) electrons. The summed E-state index contributed by atoms with van der Waals surface area (Å²) in [6.45, 7) is 2.26. The molecule has 1 atom stereocenters. The Morgan fingerprint density at radius 2 is 1.88 bits per heavy atom. The summed E-state index contributed by atoms with van der Waals surface area (Å²) in [5, 5.41) is 0. The summed E-state index contributed by atoms with van der Waals surface area (Å²) in [6, 6.07) is 10.1. The van der Waals surface area contributed by atoms with Crippen molar-refractivity contribution in [2.75, 3.05) is 20.8 Å². The smallest absolute Gasteiger partial charge is 0.313 e. The van der Waals surface area contributed by atoms with E-state index >= 15 is 0 Å². The van der Waals surface area contributed by atoms with Crippen LogP contribution in [0.1, 0.15) is 18.9 Å². The van der Waals surface area contributed by atoms with Gasteiger partial charge in [-0.2, -0.15) is 0 Å². The zero-order chi connectivity index (χ0) is 12.7. The molecule has 1 unspecified atom stereocenters. The molecule has 0 aliphatic carbocycles. The van der Waals surface area contributed by atoms with Crippen LogP contribution in [-0.4, -0.2) is 26.8 Å². The Balaban J connectivity index is 2.64. The normalized spacial score (nSPS) is 14.1. The van der Waals surface area contributed by atoms with Gasteiger partial charge in [-0.05, 0) is 25.3 Å². The van der Waals surface area contributed by atoms with E-state index in [0.717, 1.165) is 12.8 Å². The summed E-state index contributed by atoms with van der Waals surface area (Å²) >= 11 is 0. The van der Waals surface area contributed by atoms with E-state index < -0.39 is 5.41 Å². The van der Waals surface area contributed by atoms with Crippen LogP contribution >= 0.6 is 0 Å². The number of methoxy groups -OCH3 is 2. The summed E-state index contributed by atoms with van der Waals surface area (Å²) in [5.74, 6) is -0.213. The van der Waals surface area contributed by atoms with Gasteiger partial charge in [0.1, 0.15) is 0 Å². The molecule has 0 aromatic heterocycles. The molecule has 17 heavy (non-hydrogen) atoms. The Kier molecular flexibility index (Phi) is 5.16. The number of aryl methyl sites for hydroxylation is 1. The highest BCUT2D eigenvalue weighted by atomic mass is 16.5. The molecule has 1 rings (SSSR count). The van der Waals surface area contributed by atoms with Gasteiger partial charge < -0.3 is 9.47 Å². The Labute approximate surface area is 103 Å². The van der Waals surface area contributed by atoms with Gasteiger partial charge in [0, 0.05) is 7.11 Å².